The van der Waals surface area contributed by atoms with Crippen LogP contribution in [0.1, 0.15) is 43.4 Å². The molecule has 0 aliphatic heterocycles. The van der Waals surface area contributed by atoms with Crippen molar-refractivity contribution in [3.8, 4) is 5.75 Å². The van der Waals surface area contributed by atoms with Crippen molar-refractivity contribution in [1.29, 1.82) is 0 Å². The number of carbonyl (C=O) groups excluding carboxylic acids is 1. The molecule has 4 heteroatoms. The van der Waals surface area contributed by atoms with Crippen molar-refractivity contribution in [3.63, 3.8) is 0 Å². The Hall–Kier alpha value is -1.55. The van der Waals surface area contributed by atoms with E-state index in [0.29, 0.717) is 0 Å². The van der Waals surface area contributed by atoms with Crippen LogP contribution in [0.5, 0.6) is 5.75 Å². The highest BCUT2D eigenvalue weighted by Gasteiger charge is 2.10. The summed E-state index contributed by atoms with van der Waals surface area (Å²) in [5, 5.41) is 12.0. The van der Waals surface area contributed by atoms with E-state index in [1.165, 1.54) is 0 Å². The van der Waals surface area contributed by atoms with Gasteiger partial charge < -0.3 is 15.2 Å². The number of aryl methyl sites for hydroxylation is 2. The zero-order valence-corrected chi connectivity index (χ0v) is 12.8. The minimum Gasteiger partial charge on any atom is -0.483 e. The van der Waals surface area contributed by atoms with E-state index in [0.717, 1.165) is 35.3 Å². The van der Waals surface area contributed by atoms with Gasteiger partial charge in [-0.1, -0.05) is 25.5 Å². The molecule has 20 heavy (non-hydrogen) atoms. The van der Waals surface area contributed by atoms with Crippen molar-refractivity contribution >= 4 is 5.91 Å². The lowest BCUT2D eigenvalue weighted by molar-refractivity contribution is -0.123. The van der Waals surface area contributed by atoms with Crippen LogP contribution < -0.4 is 10.1 Å². The number of benzene rings is 1. The van der Waals surface area contributed by atoms with Crippen LogP contribution in [-0.2, 0) is 11.4 Å². The fraction of sp³-hybridized carbons (Fsp3) is 0.562. The number of rotatable bonds is 7. The molecule has 1 amide bonds. The van der Waals surface area contributed by atoms with Gasteiger partial charge in [0.05, 0.1) is 6.61 Å². The van der Waals surface area contributed by atoms with E-state index in [4.69, 9.17) is 9.84 Å². The van der Waals surface area contributed by atoms with Gasteiger partial charge in [0.2, 0.25) is 0 Å². The van der Waals surface area contributed by atoms with Crippen LogP contribution in [0.4, 0.5) is 0 Å². The van der Waals surface area contributed by atoms with Gasteiger partial charge in [-0.15, -0.1) is 0 Å². The first-order valence-electron chi connectivity index (χ1n) is 7.11. The summed E-state index contributed by atoms with van der Waals surface area (Å²) >= 11 is 0. The quantitative estimate of drug-likeness (QED) is 0.806. The van der Waals surface area contributed by atoms with Crippen LogP contribution >= 0.6 is 0 Å². The zero-order valence-electron chi connectivity index (χ0n) is 12.8. The van der Waals surface area contributed by atoms with Crippen LogP contribution in [0, 0.1) is 13.8 Å². The van der Waals surface area contributed by atoms with Gasteiger partial charge in [-0.25, -0.2) is 0 Å². The van der Waals surface area contributed by atoms with Gasteiger partial charge >= 0.3 is 0 Å². The second kappa shape index (κ2) is 7.90. The Kier molecular flexibility index (Phi) is 6.52. The lowest BCUT2D eigenvalue weighted by atomic mass is 10.1. The molecule has 0 bridgehead atoms. The number of aliphatic hydroxyl groups excluding tert-OH is 1. The standard InChI is InChI=1S/C16H25NO3/c1-5-6-13(4)17-15(19)10-20-16-11(2)7-14(9-18)8-12(16)3/h7-8,13,18H,5-6,9-10H2,1-4H3,(H,17,19). The Morgan fingerprint density at radius 3 is 2.45 bits per heavy atom. The number of carbonyl (C=O) groups is 1. The van der Waals surface area contributed by atoms with Crippen molar-refractivity contribution in [2.24, 2.45) is 0 Å². The van der Waals surface area contributed by atoms with Crippen LogP contribution in [0.3, 0.4) is 0 Å². The van der Waals surface area contributed by atoms with Gasteiger partial charge in [0, 0.05) is 6.04 Å². The Bertz CT molecular complexity index is 434. The van der Waals surface area contributed by atoms with E-state index in [-0.39, 0.29) is 25.2 Å². The van der Waals surface area contributed by atoms with Crippen molar-refractivity contribution in [2.75, 3.05) is 6.61 Å². The summed E-state index contributed by atoms with van der Waals surface area (Å²) in [5.41, 5.74) is 2.72. The molecule has 1 aromatic carbocycles. The summed E-state index contributed by atoms with van der Waals surface area (Å²) in [6.07, 6.45) is 2.01. The fourth-order valence-electron chi connectivity index (χ4n) is 2.32. The molecule has 0 aliphatic rings. The zero-order chi connectivity index (χ0) is 15.1. The summed E-state index contributed by atoms with van der Waals surface area (Å²) in [7, 11) is 0. The summed E-state index contributed by atoms with van der Waals surface area (Å²) in [4.78, 5) is 11.8. The normalized spacial score (nSPS) is 12.1. The number of hydrogen-bond acceptors (Lipinski definition) is 3. The molecular weight excluding hydrogens is 254 g/mol. The molecule has 0 aromatic heterocycles. The van der Waals surface area contributed by atoms with E-state index in [1.54, 1.807) is 0 Å². The fourth-order valence-corrected chi connectivity index (χ4v) is 2.32. The lowest BCUT2D eigenvalue weighted by Crippen LogP contribution is -2.36. The first-order chi connectivity index (χ1) is 9.47. The third kappa shape index (κ3) is 4.85. The molecule has 4 nitrogen and oxygen atoms in total. The smallest absolute Gasteiger partial charge is 0.258 e. The molecule has 0 saturated heterocycles. The monoisotopic (exact) mass is 279 g/mol. The summed E-state index contributed by atoms with van der Waals surface area (Å²) < 4.78 is 5.61. The number of aliphatic hydroxyl groups is 1. The first-order valence-corrected chi connectivity index (χ1v) is 7.11. The van der Waals surface area contributed by atoms with Gasteiger partial charge in [-0.05, 0) is 43.9 Å². The Morgan fingerprint density at radius 2 is 1.95 bits per heavy atom. The average molecular weight is 279 g/mol. The van der Waals surface area contributed by atoms with Crippen molar-refractivity contribution < 1.29 is 14.6 Å². The molecule has 112 valence electrons. The van der Waals surface area contributed by atoms with Crippen LogP contribution in [0.25, 0.3) is 0 Å². The number of ether oxygens (including phenoxy) is 1. The molecule has 1 rings (SSSR count). The van der Waals surface area contributed by atoms with Gasteiger partial charge in [0.25, 0.3) is 5.91 Å². The second-order valence-corrected chi connectivity index (χ2v) is 5.26. The number of hydrogen-bond donors (Lipinski definition) is 2. The number of nitrogens with one attached hydrogen (secondary N) is 1. The van der Waals surface area contributed by atoms with Gasteiger partial charge in [-0.2, -0.15) is 0 Å². The first kappa shape index (κ1) is 16.5. The molecule has 0 heterocycles. The highest BCUT2D eigenvalue weighted by molar-refractivity contribution is 5.77. The van der Waals surface area contributed by atoms with E-state index in [1.807, 2.05) is 32.9 Å². The van der Waals surface area contributed by atoms with Gasteiger partial charge in [0.15, 0.2) is 6.61 Å². The molecule has 1 atom stereocenters. The third-order valence-electron chi connectivity index (χ3n) is 3.18. The SMILES string of the molecule is CCCC(C)NC(=O)COc1c(C)cc(CO)cc1C. The molecule has 1 unspecified atom stereocenters. The minimum absolute atomic E-state index is 0.0109. The summed E-state index contributed by atoms with van der Waals surface area (Å²) in [5.74, 6) is 0.622. The second-order valence-electron chi connectivity index (χ2n) is 5.26. The maximum Gasteiger partial charge on any atom is 0.258 e. The predicted octanol–water partition coefficient (Wildman–Crippen LogP) is 2.48. The van der Waals surface area contributed by atoms with E-state index in [9.17, 15) is 4.79 Å². The highest BCUT2D eigenvalue weighted by atomic mass is 16.5. The summed E-state index contributed by atoms with van der Waals surface area (Å²) in [6, 6.07) is 3.93. The summed E-state index contributed by atoms with van der Waals surface area (Å²) in [6.45, 7) is 7.95. The van der Waals surface area contributed by atoms with Crippen molar-refractivity contribution in [1.82, 2.24) is 5.32 Å². The molecule has 2 N–H and O–H groups in total. The lowest BCUT2D eigenvalue weighted by Gasteiger charge is -2.16. The highest BCUT2D eigenvalue weighted by Crippen LogP contribution is 2.24. The average Bonchev–Trinajstić information content (AvgIpc) is 2.37. The number of amides is 1. The Morgan fingerprint density at radius 1 is 1.35 bits per heavy atom. The largest absolute Gasteiger partial charge is 0.483 e. The van der Waals surface area contributed by atoms with Crippen LogP contribution in [0.2, 0.25) is 0 Å². The molecule has 1 aromatic rings. The molecule has 0 fully saturated rings. The minimum atomic E-state index is -0.101. The van der Waals surface area contributed by atoms with Crippen molar-refractivity contribution in [3.05, 3.63) is 28.8 Å². The van der Waals surface area contributed by atoms with Crippen LogP contribution in [0.15, 0.2) is 12.1 Å². The van der Waals surface area contributed by atoms with E-state index < -0.39 is 0 Å². The third-order valence-corrected chi connectivity index (χ3v) is 3.18. The maximum atomic E-state index is 11.8. The maximum absolute atomic E-state index is 11.8. The topological polar surface area (TPSA) is 58.6 Å². The van der Waals surface area contributed by atoms with Crippen molar-refractivity contribution in [2.45, 2.75) is 53.2 Å². The van der Waals surface area contributed by atoms with Gasteiger partial charge in [-0.3, -0.25) is 4.79 Å². The Labute approximate surface area is 121 Å². The van der Waals surface area contributed by atoms with Gasteiger partial charge in [0.1, 0.15) is 5.75 Å². The van der Waals surface area contributed by atoms with E-state index in [2.05, 4.69) is 12.2 Å². The molecule has 0 spiro atoms. The molecule has 0 saturated carbocycles. The molecule has 0 aliphatic carbocycles. The predicted molar refractivity (Wildman–Crippen MR) is 79.8 cm³/mol. The van der Waals surface area contributed by atoms with Crippen LogP contribution in [-0.4, -0.2) is 23.7 Å². The molecular formula is C16H25NO3. The molecule has 0 radical (unpaired) electrons. The Balaban J connectivity index is 2.59. The van der Waals surface area contributed by atoms with E-state index >= 15 is 0 Å².